The van der Waals surface area contributed by atoms with Gasteiger partial charge in [-0.3, -0.25) is 4.90 Å². The zero-order valence-corrected chi connectivity index (χ0v) is 11.1. The third kappa shape index (κ3) is 4.78. The highest BCUT2D eigenvalue weighted by molar-refractivity contribution is 7.89. The lowest BCUT2D eigenvalue weighted by Gasteiger charge is -2.33. The summed E-state index contributed by atoms with van der Waals surface area (Å²) in [5.41, 5.74) is -0.200. The van der Waals surface area contributed by atoms with Crippen LogP contribution in [0.2, 0.25) is 0 Å². The van der Waals surface area contributed by atoms with E-state index in [-0.39, 0.29) is 5.60 Å². The molecule has 6 heteroatoms. The van der Waals surface area contributed by atoms with Gasteiger partial charge in [-0.2, -0.15) is 0 Å². The Morgan fingerprint density at radius 1 is 1.44 bits per heavy atom. The Hall–Kier alpha value is -0.170. The summed E-state index contributed by atoms with van der Waals surface area (Å²) >= 11 is 0. The van der Waals surface area contributed by atoms with Crippen molar-refractivity contribution in [3.8, 4) is 0 Å². The van der Waals surface area contributed by atoms with Gasteiger partial charge in [0.2, 0.25) is 10.0 Å². The highest BCUT2D eigenvalue weighted by Crippen LogP contribution is 2.16. The van der Waals surface area contributed by atoms with Crippen molar-refractivity contribution in [3.63, 3.8) is 0 Å². The minimum absolute atomic E-state index is 0.200. The van der Waals surface area contributed by atoms with Gasteiger partial charge in [0.05, 0.1) is 17.6 Å². The lowest BCUT2D eigenvalue weighted by Crippen LogP contribution is -2.46. The average Bonchev–Trinajstić information content (AvgIpc) is 2.13. The Morgan fingerprint density at radius 3 is 2.56 bits per heavy atom. The second kappa shape index (κ2) is 5.00. The van der Waals surface area contributed by atoms with Crippen LogP contribution in [0.5, 0.6) is 0 Å². The highest BCUT2D eigenvalue weighted by atomic mass is 32.2. The molecule has 1 aliphatic heterocycles. The summed E-state index contributed by atoms with van der Waals surface area (Å²) in [6, 6.07) is 0. The summed E-state index contributed by atoms with van der Waals surface area (Å²) in [5.74, 6) is 0. The van der Waals surface area contributed by atoms with E-state index in [2.05, 4.69) is 0 Å². The molecule has 0 saturated carbocycles. The maximum Gasteiger partial charge on any atom is 0.213 e. The van der Waals surface area contributed by atoms with Crippen LogP contribution in [0.4, 0.5) is 0 Å². The van der Waals surface area contributed by atoms with Gasteiger partial charge < -0.3 is 4.74 Å². The number of hydrogen-bond donors (Lipinski definition) is 1. The van der Waals surface area contributed by atoms with Crippen molar-refractivity contribution < 1.29 is 13.2 Å². The fraction of sp³-hybridized carbons (Fsp3) is 1.00. The van der Waals surface area contributed by atoms with Gasteiger partial charge in [-0.1, -0.05) is 0 Å². The smallest absolute Gasteiger partial charge is 0.213 e. The first-order valence-corrected chi connectivity index (χ1v) is 7.17. The summed E-state index contributed by atoms with van der Waals surface area (Å²) < 4.78 is 28.1. The molecule has 96 valence electrons. The van der Waals surface area contributed by atoms with Crippen LogP contribution in [0, 0.1) is 0 Å². The molecule has 1 aliphatic rings. The second-order valence-electron chi connectivity index (χ2n) is 5.32. The van der Waals surface area contributed by atoms with Gasteiger partial charge in [0.1, 0.15) is 0 Å². The van der Waals surface area contributed by atoms with Gasteiger partial charge in [0.15, 0.2) is 0 Å². The molecule has 0 amide bonds. The van der Waals surface area contributed by atoms with Crippen molar-refractivity contribution >= 4 is 10.0 Å². The molecule has 0 aliphatic carbocycles. The Labute approximate surface area is 98.0 Å². The van der Waals surface area contributed by atoms with Crippen molar-refractivity contribution in [3.05, 3.63) is 0 Å². The summed E-state index contributed by atoms with van der Waals surface area (Å²) in [5, 5.41) is 4.72. The predicted molar refractivity (Wildman–Crippen MR) is 63.4 cm³/mol. The van der Waals surface area contributed by atoms with Crippen LogP contribution < -0.4 is 5.14 Å². The van der Waals surface area contributed by atoms with E-state index in [1.807, 2.05) is 25.7 Å². The largest absolute Gasteiger partial charge is 0.360 e. The first-order valence-electron chi connectivity index (χ1n) is 5.56. The van der Waals surface area contributed by atoms with Gasteiger partial charge in [-0.05, 0) is 33.6 Å². The van der Waals surface area contributed by atoms with Crippen LogP contribution in [-0.2, 0) is 14.8 Å². The normalized spacial score (nSPS) is 24.6. The molecule has 16 heavy (non-hydrogen) atoms. The van der Waals surface area contributed by atoms with E-state index in [1.54, 1.807) is 0 Å². The number of rotatable bonds is 3. The number of nitrogens with zero attached hydrogens (tertiary/aromatic N) is 1. The van der Waals surface area contributed by atoms with Crippen LogP contribution in [0.3, 0.4) is 0 Å². The van der Waals surface area contributed by atoms with Crippen molar-refractivity contribution in [1.82, 2.24) is 4.90 Å². The first kappa shape index (κ1) is 13.9. The molecule has 0 bridgehead atoms. The average molecular weight is 250 g/mol. The Kier molecular flexibility index (Phi) is 4.34. The topological polar surface area (TPSA) is 72.6 Å². The number of likely N-dealkylation sites (tertiary alicyclic amines) is 1. The molecule has 1 rings (SSSR count). The number of nitrogens with two attached hydrogens (primary N) is 1. The van der Waals surface area contributed by atoms with Gasteiger partial charge in [0.25, 0.3) is 0 Å². The van der Waals surface area contributed by atoms with E-state index in [0.717, 1.165) is 13.0 Å². The molecule has 1 saturated heterocycles. The molecule has 0 unspecified atom stereocenters. The summed E-state index contributed by atoms with van der Waals surface area (Å²) in [6.07, 6.45) is 1.51. The molecule has 0 spiro atoms. The van der Waals surface area contributed by atoms with Crippen LogP contribution in [0.25, 0.3) is 0 Å². The molecular formula is C10H22N2O3S. The Bertz CT molecular complexity index is 321. The van der Waals surface area contributed by atoms with Crippen LogP contribution >= 0.6 is 0 Å². The van der Waals surface area contributed by atoms with E-state index in [9.17, 15) is 8.42 Å². The zero-order valence-electron chi connectivity index (χ0n) is 10.3. The van der Waals surface area contributed by atoms with Gasteiger partial charge >= 0.3 is 0 Å². The molecule has 1 atom stereocenters. The number of piperidine rings is 1. The highest BCUT2D eigenvalue weighted by Gasteiger charge is 2.28. The Balaban J connectivity index is 2.46. The molecule has 0 aromatic rings. The number of primary sulfonamides is 1. The fourth-order valence-corrected chi connectivity index (χ4v) is 2.60. The van der Waals surface area contributed by atoms with Gasteiger partial charge in [-0.25, -0.2) is 13.6 Å². The van der Waals surface area contributed by atoms with E-state index in [4.69, 9.17) is 9.88 Å². The quantitative estimate of drug-likeness (QED) is 0.792. The van der Waals surface area contributed by atoms with Gasteiger partial charge in [0, 0.05) is 13.1 Å². The van der Waals surface area contributed by atoms with Crippen LogP contribution in [0.15, 0.2) is 0 Å². The molecule has 0 radical (unpaired) electrons. The molecule has 2 N–H and O–H groups in total. The number of sulfonamides is 1. The Morgan fingerprint density at radius 2 is 2.06 bits per heavy atom. The minimum atomic E-state index is -3.41. The van der Waals surface area contributed by atoms with E-state index in [1.165, 1.54) is 0 Å². The summed E-state index contributed by atoms with van der Waals surface area (Å²) in [6.45, 7) is 7.77. The van der Waals surface area contributed by atoms with Crippen molar-refractivity contribution in [1.29, 1.82) is 0 Å². The van der Waals surface area contributed by atoms with Gasteiger partial charge in [-0.15, -0.1) is 0 Å². The lowest BCUT2D eigenvalue weighted by molar-refractivity contribution is -0.0673. The second-order valence-corrected chi connectivity index (χ2v) is 7.16. The first-order chi connectivity index (χ1) is 7.18. The standard InChI is InChI=1S/C10H22N2O3S/c1-10(2,3)15-8-12-6-4-5-9(7-12)16(11,13)14/h9H,4-8H2,1-3H3,(H2,11,13,14)/t9-/m0/s1. The molecule has 0 aromatic carbocycles. The van der Waals surface area contributed by atoms with E-state index < -0.39 is 15.3 Å². The fourth-order valence-electron chi connectivity index (χ4n) is 1.68. The zero-order chi connectivity index (χ0) is 12.4. The number of ether oxygens (including phenoxy) is 1. The molecule has 5 nitrogen and oxygen atoms in total. The third-order valence-corrected chi connectivity index (χ3v) is 3.92. The van der Waals surface area contributed by atoms with E-state index >= 15 is 0 Å². The maximum atomic E-state index is 11.2. The minimum Gasteiger partial charge on any atom is -0.360 e. The van der Waals surface area contributed by atoms with Crippen molar-refractivity contribution in [2.24, 2.45) is 5.14 Å². The molecule has 1 heterocycles. The van der Waals surface area contributed by atoms with Crippen molar-refractivity contribution in [2.45, 2.75) is 44.5 Å². The van der Waals surface area contributed by atoms with Crippen molar-refractivity contribution in [2.75, 3.05) is 19.8 Å². The SMILES string of the molecule is CC(C)(C)OCN1CCC[C@H](S(N)(=O)=O)C1. The van der Waals surface area contributed by atoms with Crippen LogP contribution in [-0.4, -0.2) is 44.0 Å². The summed E-state index contributed by atoms with van der Waals surface area (Å²) in [7, 11) is -3.41. The predicted octanol–water partition coefficient (Wildman–Crippen LogP) is 0.512. The molecule has 0 aromatic heterocycles. The van der Waals surface area contributed by atoms with E-state index in [0.29, 0.717) is 19.7 Å². The maximum absolute atomic E-state index is 11.2. The molecular weight excluding hydrogens is 228 g/mol. The number of hydrogen-bond acceptors (Lipinski definition) is 4. The monoisotopic (exact) mass is 250 g/mol. The van der Waals surface area contributed by atoms with Crippen LogP contribution in [0.1, 0.15) is 33.6 Å². The summed E-state index contributed by atoms with van der Waals surface area (Å²) in [4.78, 5) is 2.00. The third-order valence-electron chi connectivity index (χ3n) is 2.61. The molecule has 1 fully saturated rings. The lowest BCUT2D eigenvalue weighted by atomic mass is 10.1.